The van der Waals surface area contributed by atoms with Crippen molar-refractivity contribution in [1.29, 1.82) is 0 Å². The van der Waals surface area contributed by atoms with E-state index >= 15 is 0 Å². The molecular weight excluding hydrogens is 254 g/mol. The molecular formula is C12H16BrNO. The van der Waals surface area contributed by atoms with Crippen molar-refractivity contribution < 1.29 is 4.74 Å². The zero-order valence-electron chi connectivity index (χ0n) is 8.87. The third kappa shape index (κ3) is 2.52. The smallest absolute Gasteiger partial charge is 0.120 e. The zero-order chi connectivity index (χ0) is 10.8. The number of benzene rings is 1. The predicted molar refractivity (Wildman–Crippen MR) is 65.0 cm³/mol. The van der Waals surface area contributed by atoms with Crippen LogP contribution in [0.2, 0.25) is 0 Å². The summed E-state index contributed by atoms with van der Waals surface area (Å²) in [6.45, 7) is 1.98. The summed E-state index contributed by atoms with van der Waals surface area (Å²) in [6, 6.07) is 6.10. The molecule has 1 aliphatic rings. The molecule has 0 aromatic heterocycles. The van der Waals surface area contributed by atoms with Gasteiger partial charge in [-0.3, -0.25) is 0 Å². The van der Waals surface area contributed by atoms with Crippen molar-refractivity contribution in [2.24, 2.45) is 5.73 Å². The van der Waals surface area contributed by atoms with Crippen LogP contribution < -0.4 is 10.5 Å². The van der Waals surface area contributed by atoms with Gasteiger partial charge in [-0.05, 0) is 43.9 Å². The molecule has 0 spiro atoms. The summed E-state index contributed by atoms with van der Waals surface area (Å²) in [7, 11) is 0. The van der Waals surface area contributed by atoms with Crippen molar-refractivity contribution >= 4 is 15.9 Å². The van der Waals surface area contributed by atoms with Crippen LogP contribution in [0.25, 0.3) is 0 Å². The molecule has 1 aromatic carbocycles. The fraction of sp³-hybridized carbons (Fsp3) is 0.500. The van der Waals surface area contributed by atoms with E-state index in [1.54, 1.807) is 0 Å². The maximum Gasteiger partial charge on any atom is 0.120 e. The minimum absolute atomic E-state index is 0.0529. The minimum atomic E-state index is 0.0529. The first-order chi connectivity index (χ1) is 7.16. The van der Waals surface area contributed by atoms with Crippen molar-refractivity contribution in [3.8, 4) is 5.75 Å². The molecule has 1 fully saturated rings. The van der Waals surface area contributed by atoms with Crippen molar-refractivity contribution in [2.45, 2.75) is 38.3 Å². The van der Waals surface area contributed by atoms with E-state index in [9.17, 15) is 0 Å². The van der Waals surface area contributed by atoms with Gasteiger partial charge in [-0.25, -0.2) is 0 Å². The molecule has 1 aliphatic carbocycles. The quantitative estimate of drug-likeness (QED) is 0.913. The fourth-order valence-corrected chi connectivity index (χ4v) is 2.35. The molecule has 15 heavy (non-hydrogen) atoms. The summed E-state index contributed by atoms with van der Waals surface area (Å²) in [6.07, 6.45) is 4.10. The third-order valence-corrected chi connectivity index (χ3v) is 3.50. The van der Waals surface area contributed by atoms with Crippen molar-refractivity contribution in [3.63, 3.8) is 0 Å². The maximum atomic E-state index is 5.83. The molecule has 0 saturated heterocycles. The monoisotopic (exact) mass is 269 g/mol. The highest BCUT2D eigenvalue weighted by Crippen LogP contribution is 2.30. The molecule has 2 N–H and O–H groups in total. The summed E-state index contributed by atoms with van der Waals surface area (Å²) >= 11 is 3.52. The Hall–Kier alpha value is -0.540. The van der Waals surface area contributed by atoms with Gasteiger partial charge in [-0.15, -0.1) is 0 Å². The Bertz CT molecular complexity index is 347. The average Bonchev–Trinajstić information content (AvgIpc) is 2.11. The highest BCUT2D eigenvalue weighted by atomic mass is 79.9. The van der Waals surface area contributed by atoms with Crippen molar-refractivity contribution in [3.05, 3.63) is 28.2 Å². The van der Waals surface area contributed by atoms with Gasteiger partial charge in [0, 0.05) is 10.5 Å². The largest absolute Gasteiger partial charge is 0.490 e. The van der Waals surface area contributed by atoms with Crippen LogP contribution in [0.5, 0.6) is 5.75 Å². The lowest BCUT2D eigenvalue weighted by molar-refractivity contribution is 0.120. The van der Waals surface area contributed by atoms with E-state index in [4.69, 9.17) is 10.5 Å². The molecule has 0 radical (unpaired) electrons. The normalized spacial score (nSPS) is 18.3. The Balaban J connectivity index is 2.10. The molecule has 1 atom stereocenters. The molecule has 0 aliphatic heterocycles. The van der Waals surface area contributed by atoms with Gasteiger partial charge in [0.05, 0.1) is 6.10 Å². The zero-order valence-corrected chi connectivity index (χ0v) is 10.5. The second-order valence-corrected chi connectivity index (χ2v) is 5.00. The Labute approximate surface area is 98.9 Å². The SMILES string of the molecule is C[C@@H](N)c1ccc(OC2CCC2)cc1Br. The average molecular weight is 270 g/mol. The highest BCUT2D eigenvalue weighted by Gasteiger charge is 2.19. The first-order valence-corrected chi connectivity index (χ1v) is 6.18. The van der Waals surface area contributed by atoms with Crippen molar-refractivity contribution in [2.75, 3.05) is 0 Å². The lowest BCUT2D eigenvalue weighted by Crippen LogP contribution is -2.24. The summed E-state index contributed by atoms with van der Waals surface area (Å²) in [5.41, 5.74) is 6.95. The maximum absolute atomic E-state index is 5.83. The van der Waals surface area contributed by atoms with E-state index in [-0.39, 0.29) is 6.04 Å². The number of rotatable bonds is 3. The lowest BCUT2D eigenvalue weighted by atomic mass is 9.96. The summed E-state index contributed by atoms with van der Waals surface area (Å²) < 4.78 is 6.83. The number of ether oxygens (including phenoxy) is 1. The summed E-state index contributed by atoms with van der Waals surface area (Å²) in [5.74, 6) is 0.941. The standard InChI is InChI=1S/C12H16BrNO/c1-8(14)11-6-5-10(7-12(11)13)15-9-3-2-4-9/h5-9H,2-4,14H2,1H3/t8-/m1/s1. The van der Waals surface area contributed by atoms with E-state index in [1.807, 2.05) is 25.1 Å². The Morgan fingerprint density at radius 1 is 1.47 bits per heavy atom. The molecule has 0 heterocycles. The van der Waals surface area contributed by atoms with Crippen molar-refractivity contribution in [1.82, 2.24) is 0 Å². The number of halogens is 1. The van der Waals surface area contributed by atoms with E-state index in [0.717, 1.165) is 15.8 Å². The van der Waals surface area contributed by atoms with Gasteiger partial charge in [-0.2, -0.15) is 0 Å². The van der Waals surface area contributed by atoms with Crippen LogP contribution in [0, 0.1) is 0 Å². The second kappa shape index (κ2) is 4.54. The molecule has 1 aromatic rings. The van der Waals surface area contributed by atoms with Gasteiger partial charge in [0.25, 0.3) is 0 Å². The first kappa shape index (κ1) is 11.0. The van der Waals surface area contributed by atoms with Gasteiger partial charge in [-0.1, -0.05) is 22.0 Å². The number of hydrogen-bond donors (Lipinski definition) is 1. The number of nitrogens with two attached hydrogens (primary N) is 1. The topological polar surface area (TPSA) is 35.2 Å². The number of hydrogen-bond acceptors (Lipinski definition) is 2. The van der Waals surface area contributed by atoms with Crippen LogP contribution in [-0.2, 0) is 0 Å². The van der Waals surface area contributed by atoms with Gasteiger partial charge in [0.1, 0.15) is 5.75 Å². The Kier molecular flexibility index (Phi) is 3.32. The molecule has 0 bridgehead atoms. The van der Waals surface area contributed by atoms with Crippen LogP contribution in [0.15, 0.2) is 22.7 Å². The van der Waals surface area contributed by atoms with E-state index in [0.29, 0.717) is 6.10 Å². The van der Waals surface area contributed by atoms with E-state index in [2.05, 4.69) is 15.9 Å². The minimum Gasteiger partial charge on any atom is -0.490 e. The first-order valence-electron chi connectivity index (χ1n) is 5.38. The molecule has 82 valence electrons. The molecule has 2 rings (SSSR count). The predicted octanol–water partition coefficient (Wildman–Crippen LogP) is 3.40. The van der Waals surface area contributed by atoms with Crippen LogP contribution in [0.3, 0.4) is 0 Å². The molecule has 0 amide bonds. The van der Waals surface area contributed by atoms with Gasteiger partial charge in [0.15, 0.2) is 0 Å². The fourth-order valence-electron chi connectivity index (χ4n) is 1.63. The lowest BCUT2D eigenvalue weighted by Gasteiger charge is -2.26. The van der Waals surface area contributed by atoms with E-state index in [1.165, 1.54) is 19.3 Å². The van der Waals surface area contributed by atoms with Crippen LogP contribution in [-0.4, -0.2) is 6.10 Å². The van der Waals surface area contributed by atoms with Gasteiger partial charge >= 0.3 is 0 Å². The second-order valence-electron chi connectivity index (χ2n) is 4.14. The molecule has 3 heteroatoms. The van der Waals surface area contributed by atoms with Gasteiger partial charge in [0.2, 0.25) is 0 Å². The summed E-state index contributed by atoms with van der Waals surface area (Å²) in [4.78, 5) is 0. The summed E-state index contributed by atoms with van der Waals surface area (Å²) in [5, 5.41) is 0. The molecule has 2 nitrogen and oxygen atoms in total. The third-order valence-electron chi connectivity index (χ3n) is 2.82. The highest BCUT2D eigenvalue weighted by molar-refractivity contribution is 9.10. The molecule has 1 saturated carbocycles. The van der Waals surface area contributed by atoms with Crippen LogP contribution in [0.4, 0.5) is 0 Å². The van der Waals surface area contributed by atoms with Crippen LogP contribution >= 0.6 is 15.9 Å². The van der Waals surface area contributed by atoms with Gasteiger partial charge < -0.3 is 10.5 Å². The molecule has 0 unspecified atom stereocenters. The Morgan fingerprint density at radius 2 is 2.20 bits per heavy atom. The van der Waals surface area contributed by atoms with E-state index < -0.39 is 0 Å². The Morgan fingerprint density at radius 3 is 2.67 bits per heavy atom. The van der Waals surface area contributed by atoms with Crippen LogP contribution in [0.1, 0.15) is 37.8 Å².